The fourth-order valence-corrected chi connectivity index (χ4v) is 2.22. The highest BCUT2D eigenvalue weighted by atomic mass is 32.2. The Labute approximate surface area is 94.7 Å². The van der Waals surface area contributed by atoms with Gasteiger partial charge in [0.05, 0.1) is 10.5 Å². The van der Waals surface area contributed by atoms with Crippen molar-refractivity contribution in [2.24, 2.45) is 5.92 Å². The van der Waals surface area contributed by atoms with Crippen molar-refractivity contribution in [1.29, 1.82) is 0 Å². The highest BCUT2D eigenvalue weighted by Gasteiger charge is 2.27. The van der Waals surface area contributed by atoms with E-state index in [-0.39, 0.29) is 0 Å². The molecule has 0 aromatic carbocycles. The molecule has 0 unspecified atom stereocenters. The van der Waals surface area contributed by atoms with Crippen LogP contribution in [0.15, 0.2) is 12.2 Å². The van der Waals surface area contributed by atoms with Crippen LogP contribution < -0.4 is 0 Å². The molecule has 0 aromatic rings. The van der Waals surface area contributed by atoms with Gasteiger partial charge in [-0.3, -0.25) is 0 Å². The third kappa shape index (κ3) is 5.98. The van der Waals surface area contributed by atoms with E-state index in [0.717, 1.165) is 12.8 Å². The summed E-state index contributed by atoms with van der Waals surface area (Å²) < 4.78 is 22.8. The van der Waals surface area contributed by atoms with Crippen LogP contribution in [0.4, 0.5) is 0 Å². The predicted octanol–water partition coefficient (Wildman–Crippen LogP) is 3.19. The van der Waals surface area contributed by atoms with E-state index < -0.39 is 14.6 Å². The molecule has 3 heteroatoms. The molecule has 2 nitrogen and oxygen atoms in total. The molecule has 0 aliphatic carbocycles. The molecule has 0 N–H and O–H groups in total. The first-order valence-corrected chi connectivity index (χ1v) is 7.21. The van der Waals surface area contributed by atoms with Crippen molar-refractivity contribution in [2.45, 2.75) is 52.2 Å². The first-order chi connectivity index (χ1) is 6.67. The number of unbranched alkanes of at least 4 members (excludes halogenated alkanes) is 1. The molecular weight excluding hydrogens is 208 g/mol. The Morgan fingerprint density at radius 1 is 1.20 bits per heavy atom. The normalized spacial score (nSPS) is 14.0. The minimum Gasteiger partial charge on any atom is -0.228 e. The first kappa shape index (κ1) is 14.7. The van der Waals surface area contributed by atoms with E-state index in [1.807, 2.05) is 0 Å². The molecule has 0 amide bonds. The molecule has 0 radical (unpaired) electrons. The second kappa shape index (κ2) is 5.69. The molecule has 0 aromatic heterocycles. The van der Waals surface area contributed by atoms with Gasteiger partial charge in [-0.05, 0) is 39.5 Å². The third-order valence-corrected chi connectivity index (χ3v) is 4.93. The van der Waals surface area contributed by atoms with Gasteiger partial charge in [-0.25, -0.2) is 8.42 Å². The number of hydrogen-bond acceptors (Lipinski definition) is 2. The molecule has 0 heterocycles. The standard InChI is InChI=1S/C12H24O2S/c1-11(2)9-7-6-8-10-15(13,14)12(3,4)5/h7,9,11H,6,8,10H2,1-5H3/b9-7-. The minimum absolute atomic E-state index is 0.291. The largest absolute Gasteiger partial charge is 0.228 e. The lowest BCUT2D eigenvalue weighted by atomic mass is 10.2. The van der Waals surface area contributed by atoms with Gasteiger partial charge >= 0.3 is 0 Å². The second-order valence-electron chi connectivity index (χ2n) is 5.25. The molecular formula is C12H24O2S. The van der Waals surface area contributed by atoms with Crippen LogP contribution in [0.3, 0.4) is 0 Å². The highest BCUT2D eigenvalue weighted by molar-refractivity contribution is 7.92. The van der Waals surface area contributed by atoms with Crippen LogP contribution in [0.1, 0.15) is 47.5 Å². The molecule has 0 saturated carbocycles. The van der Waals surface area contributed by atoms with Crippen LogP contribution in [0.2, 0.25) is 0 Å². The molecule has 0 atom stereocenters. The molecule has 0 aliphatic heterocycles. The van der Waals surface area contributed by atoms with E-state index in [1.54, 1.807) is 20.8 Å². The Morgan fingerprint density at radius 3 is 2.13 bits per heavy atom. The van der Waals surface area contributed by atoms with Gasteiger partial charge in [0.2, 0.25) is 0 Å². The number of hydrogen-bond donors (Lipinski definition) is 0. The quantitative estimate of drug-likeness (QED) is 0.539. The monoisotopic (exact) mass is 232 g/mol. The Morgan fingerprint density at radius 2 is 1.73 bits per heavy atom. The van der Waals surface area contributed by atoms with E-state index >= 15 is 0 Å². The maximum Gasteiger partial charge on any atom is 0.155 e. The van der Waals surface area contributed by atoms with Gasteiger partial charge in [0.1, 0.15) is 0 Å². The smallest absolute Gasteiger partial charge is 0.155 e. The van der Waals surface area contributed by atoms with Crippen LogP contribution in [0.5, 0.6) is 0 Å². The van der Waals surface area contributed by atoms with Crippen molar-refractivity contribution < 1.29 is 8.42 Å². The SMILES string of the molecule is CC(C)/C=C\CCCS(=O)(=O)C(C)(C)C. The maximum absolute atomic E-state index is 11.7. The van der Waals surface area contributed by atoms with E-state index in [4.69, 9.17) is 0 Å². The predicted molar refractivity (Wildman–Crippen MR) is 66.8 cm³/mol. The summed E-state index contributed by atoms with van der Waals surface area (Å²) in [6, 6.07) is 0. The summed E-state index contributed by atoms with van der Waals surface area (Å²) >= 11 is 0. The maximum atomic E-state index is 11.7. The number of rotatable bonds is 5. The lowest BCUT2D eigenvalue weighted by Gasteiger charge is -2.18. The van der Waals surface area contributed by atoms with Gasteiger partial charge in [0.15, 0.2) is 9.84 Å². The van der Waals surface area contributed by atoms with Crippen molar-refractivity contribution in [3.63, 3.8) is 0 Å². The number of allylic oxidation sites excluding steroid dienone is 2. The topological polar surface area (TPSA) is 34.1 Å². The number of sulfone groups is 1. The van der Waals surface area contributed by atoms with Crippen molar-refractivity contribution in [3.8, 4) is 0 Å². The van der Waals surface area contributed by atoms with Gasteiger partial charge in [-0.15, -0.1) is 0 Å². The van der Waals surface area contributed by atoms with Gasteiger partial charge in [0, 0.05) is 0 Å². The summed E-state index contributed by atoms with van der Waals surface area (Å²) in [5, 5.41) is 0. The first-order valence-electron chi connectivity index (χ1n) is 5.56. The summed E-state index contributed by atoms with van der Waals surface area (Å²) in [5.74, 6) is 0.836. The Bertz CT molecular complexity index is 292. The summed E-state index contributed by atoms with van der Waals surface area (Å²) in [6.07, 6.45) is 5.77. The van der Waals surface area contributed by atoms with Crippen LogP contribution in [-0.4, -0.2) is 18.9 Å². The van der Waals surface area contributed by atoms with Crippen molar-refractivity contribution in [1.82, 2.24) is 0 Å². The third-order valence-electron chi connectivity index (χ3n) is 2.24. The lowest BCUT2D eigenvalue weighted by Crippen LogP contribution is -2.30. The zero-order chi connectivity index (χ0) is 12.1. The summed E-state index contributed by atoms with van der Waals surface area (Å²) in [5.41, 5.74) is 0. The van der Waals surface area contributed by atoms with Gasteiger partial charge < -0.3 is 0 Å². The zero-order valence-electron chi connectivity index (χ0n) is 10.6. The molecule has 0 saturated heterocycles. The summed E-state index contributed by atoms with van der Waals surface area (Å²) in [6.45, 7) is 9.50. The molecule has 15 heavy (non-hydrogen) atoms. The molecule has 0 bridgehead atoms. The highest BCUT2D eigenvalue weighted by Crippen LogP contribution is 2.17. The second-order valence-corrected chi connectivity index (χ2v) is 8.11. The fourth-order valence-electron chi connectivity index (χ4n) is 1.07. The van der Waals surface area contributed by atoms with E-state index in [0.29, 0.717) is 11.7 Å². The molecule has 90 valence electrons. The van der Waals surface area contributed by atoms with E-state index in [1.165, 1.54) is 0 Å². The Kier molecular flexibility index (Phi) is 5.57. The average Bonchev–Trinajstić information content (AvgIpc) is 2.00. The van der Waals surface area contributed by atoms with Crippen LogP contribution >= 0.6 is 0 Å². The van der Waals surface area contributed by atoms with Crippen LogP contribution in [-0.2, 0) is 9.84 Å². The Balaban J connectivity index is 3.98. The molecule has 0 spiro atoms. The molecule has 0 fully saturated rings. The van der Waals surface area contributed by atoms with Crippen molar-refractivity contribution >= 4 is 9.84 Å². The van der Waals surface area contributed by atoms with E-state index in [9.17, 15) is 8.42 Å². The summed E-state index contributed by atoms with van der Waals surface area (Å²) in [4.78, 5) is 0. The fraction of sp³-hybridized carbons (Fsp3) is 0.833. The van der Waals surface area contributed by atoms with Gasteiger partial charge in [-0.2, -0.15) is 0 Å². The molecule has 0 aliphatic rings. The Hall–Kier alpha value is -0.310. The van der Waals surface area contributed by atoms with Crippen LogP contribution in [0, 0.1) is 5.92 Å². The van der Waals surface area contributed by atoms with Crippen molar-refractivity contribution in [3.05, 3.63) is 12.2 Å². The van der Waals surface area contributed by atoms with Crippen LogP contribution in [0.25, 0.3) is 0 Å². The van der Waals surface area contributed by atoms with Gasteiger partial charge in [-0.1, -0.05) is 26.0 Å². The minimum atomic E-state index is -2.93. The summed E-state index contributed by atoms with van der Waals surface area (Å²) in [7, 11) is -2.93. The van der Waals surface area contributed by atoms with Crippen molar-refractivity contribution in [2.75, 3.05) is 5.75 Å². The van der Waals surface area contributed by atoms with E-state index in [2.05, 4.69) is 26.0 Å². The average molecular weight is 232 g/mol. The zero-order valence-corrected chi connectivity index (χ0v) is 11.4. The van der Waals surface area contributed by atoms with Gasteiger partial charge in [0.25, 0.3) is 0 Å². The lowest BCUT2D eigenvalue weighted by molar-refractivity contribution is 0.558. The molecule has 0 rings (SSSR count).